The molecule has 1 aromatic rings. The zero-order chi connectivity index (χ0) is 11.4. The van der Waals surface area contributed by atoms with Crippen LogP contribution in [0.5, 0.6) is 0 Å². The molecule has 1 aliphatic rings. The number of anilines is 2. The van der Waals surface area contributed by atoms with Gasteiger partial charge in [-0.05, 0) is 37.8 Å². The number of hydrogen-bond donors (Lipinski definition) is 1. The second-order valence-corrected chi connectivity index (χ2v) is 4.55. The Balaban J connectivity index is 2.19. The van der Waals surface area contributed by atoms with Crippen molar-refractivity contribution < 1.29 is 0 Å². The van der Waals surface area contributed by atoms with E-state index in [2.05, 4.69) is 16.8 Å². The Morgan fingerprint density at radius 2 is 2.38 bits per heavy atom. The van der Waals surface area contributed by atoms with Crippen LogP contribution in [0.4, 0.5) is 11.5 Å². The maximum absolute atomic E-state index is 6.01. The van der Waals surface area contributed by atoms with E-state index in [0.717, 1.165) is 18.1 Å². The molecule has 1 aliphatic heterocycles. The third-order valence-corrected chi connectivity index (χ3v) is 3.34. The first-order valence-corrected chi connectivity index (χ1v) is 6.30. The summed E-state index contributed by atoms with van der Waals surface area (Å²) in [6.07, 6.45) is 8.20. The van der Waals surface area contributed by atoms with Crippen molar-refractivity contribution in [2.24, 2.45) is 0 Å². The average molecular weight is 219 g/mol. The molecule has 1 fully saturated rings. The molecule has 0 saturated carbocycles. The number of nitrogens with zero attached hydrogens (tertiary/aromatic N) is 2. The van der Waals surface area contributed by atoms with Crippen LogP contribution in [-0.4, -0.2) is 17.6 Å². The summed E-state index contributed by atoms with van der Waals surface area (Å²) in [6, 6.07) is 4.48. The lowest BCUT2D eigenvalue weighted by Crippen LogP contribution is -2.40. The number of rotatable bonds is 3. The van der Waals surface area contributed by atoms with Crippen LogP contribution in [0.1, 0.15) is 39.0 Å². The number of piperidine rings is 1. The molecular formula is C13H21N3. The number of hydrogen-bond acceptors (Lipinski definition) is 3. The fraction of sp³-hybridized carbons (Fsp3) is 0.615. The molecule has 1 saturated heterocycles. The van der Waals surface area contributed by atoms with E-state index in [-0.39, 0.29) is 0 Å². The topological polar surface area (TPSA) is 42.2 Å². The van der Waals surface area contributed by atoms with Crippen LogP contribution in [0.25, 0.3) is 0 Å². The second kappa shape index (κ2) is 5.19. The van der Waals surface area contributed by atoms with Gasteiger partial charge in [-0.3, -0.25) is 0 Å². The standard InChI is InChI=1S/C13H21N3/c1-2-6-11-7-3-4-10-16(11)13-12(14)8-5-9-15-13/h5,8-9,11H,2-4,6-7,10,14H2,1H3. The second-order valence-electron chi connectivity index (χ2n) is 4.55. The van der Waals surface area contributed by atoms with Gasteiger partial charge in [-0.15, -0.1) is 0 Å². The molecule has 88 valence electrons. The van der Waals surface area contributed by atoms with Gasteiger partial charge < -0.3 is 10.6 Å². The van der Waals surface area contributed by atoms with E-state index in [0.29, 0.717) is 6.04 Å². The van der Waals surface area contributed by atoms with Gasteiger partial charge >= 0.3 is 0 Å². The van der Waals surface area contributed by atoms with Crippen molar-refractivity contribution in [3.05, 3.63) is 18.3 Å². The normalized spacial score (nSPS) is 21.1. The largest absolute Gasteiger partial charge is 0.396 e. The lowest BCUT2D eigenvalue weighted by molar-refractivity contribution is 0.432. The lowest BCUT2D eigenvalue weighted by atomic mass is 9.98. The molecule has 2 rings (SSSR count). The van der Waals surface area contributed by atoms with Crippen molar-refractivity contribution >= 4 is 11.5 Å². The first kappa shape index (κ1) is 11.2. The Bertz CT molecular complexity index is 336. The minimum Gasteiger partial charge on any atom is -0.396 e. The predicted molar refractivity (Wildman–Crippen MR) is 68.5 cm³/mol. The van der Waals surface area contributed by atoms with Crippen molar-refractivity contribution in [2.45, 2.75) is 45.1 Å². The minimum absolute atomic E-state index is 0.635. The van der Waals surface area contributed by atoms with Gasteiger partial charge in [0, 0.05) is 18.8 Å². The summed E-state index contributed by atoms with van der Waals surface area (Å²) in [5.41, 5.74) is 6.82. The molecule has 0 amide bonds. The van der Waals surface area contributed by atoms with Crippen LogP contribution in [0.2, 0.25) is 0 Å². The van der Waals surface area contributed by atoms with Crippen LogP contribution in [0.15, 0.2) is 18.3 Å². The van der Waals surface area contributed by atoms with Gasteiger partial charge in [0.25, 0.3) is 0 Å². The van der Waals surface area contributed by atoms with Crippen molar-refractivity contribution in [3.63, 3.8) is 0 Å². The summed E-state index contributed by atoms with van der Waals surface area (Å²) in [5, 5.41) is 0. The first-order valence-electron chi connectivity index (χ1n) is 6.30. The van der Waals surface area contributed by atoms with Crippen LogP contribution < -0.4 is 10.6 Å². The van der Waals surface area contributed by atoms with E-state index < -0.39 is 0 Å². The highest BCUT2D eigenvalue weighted by Gasteiger charge is 2.23. The van der Waals surface area contributed by atoms with E-state index in [1.54, 1.807) is 0 Å². The highest BCUT2D eigenvalue weighted by molar-refractivity contribution is 5.62. The summed E-state index contributed by atoms with van der Waals surface area (Å²) in [4.78, 5) is 6.84. The average Bonchev–Trinajstić information content (AvgIpc) is 2.31. The van der Waals surface area contributed by atoms with Gasteiger partial charge in [-0.2, -0.15) is 0 Å². The summed E-state index contributed by atoms with van der Waals surface area (Å²) in [6.45, 7) is 3.35. The fourth-order valence-corrected chi connectivity index (χ4v) is 2.56. The third kappa shape index (κ3) is 2.29. The van der Waals surface area contributed by atoms with E-state index >= 15 is 0 Å². The molecule has 1 aromatic heterocycles. The molecule has 0 radical (unpaired) electrons. The van der Waals surface area contributed by atoms with Crippen molar-refractivity contribution in [2.75, 3.05) is 17.2 Å². The molecule has 0 bridgehead atoms. The number of aromatic nitrogens is 1. The molecule has 3 heteroatoms. The van der Waals surface area contributed by atoms with Crippen LogP contribution in [0, 0.1) is 0 Å². The smallest absolute Gasteiger partial charge is 0.152 e. The van der Waals surface area contributed by atoms with Gasteiger partial charge in [-0.25, -0.2) is 4.98 Å². The molecule has 2 heterocycles. The molecule has 1 atom stereocenters. The zero-order valence-electron chi connectivity index (χ0n) is 10.0. The van der Waals surface area contributed by atoms with Crippen LogP contribution in [-0.2, 0) is 0 Å². The molecule has 0 aromatic carbocycles. The summed E-state index contributed by atoms with van der Waals surface area (Å²) in [5.74, 6) is 0.987. The van der Waals surface area contributed by atoms with E-state index in [4.69, 9.17) is 5.73 Å². The Labute approximate surface area is 97.7 Å². The Morgan fingerprint density at radius 1 is 1.50 bits per heavy atom. The Morgan fingerprint density at radius 3 is 3.12 bits per heavy atom. The minimum atomic E-state index is 0.635. The monoisotopic (exact) mass is 219 g/mol. The molecule has 3 nitrogen and oxygen atoms in total. The van der Waals surface area contributed by atoms with Gasteiger partial charge in [0.15, 0.2) is 5.82 Å². The molecule has 2 N–H and O–H groups in total. The third-order valence-electron chi connectivity index (χ3n) is 3.34. The molecule has 16 heavy (non-hydrogen) atoms. The molecular weight excluding hydrogens is 198 g/mol. The van der Waals surface area contributed by atoms with Crippen molar-refractivity contribution in [1.29, 1.82) is 0 Å². The number of nitrogen functional groups attached to an aromatic ring is 1. The molecule has 0 spiro atoms. The van der Waals surface area contributed by atoms with Gasteiger partial charge in [-0.1, -0.05) is 13.3 Å². The Kier molecular flexibility index (Phi) is 3.65. The summed E-state index contributed by atoms with van der Waals surface area (Å²) in [7, 11) is 0. The number of pyridine rings is 1. The highest BCUT2D eigenvalue weighted by Crippen LogP contribution is 2.29. The quantitative estimate of drug-likeness (QED) is 0.850. The SMILES string of the molecule is CCCC1CCCCN1c1ncccc1N. The van der Waals surface area contributed by atoms with Gasteiger partial charge in [0.2, 0.25) is 0 Å². The highest BCUT2D eigenvalue weighted by atomic mass is 15.2. The summed E-state index contributed by atoms with van der Waals surface area (Å²) >= 11 is 0. The van der Waals surface area contributed by atoms with Crippen LogP contribution in [0.3, 0.4) is 0 Å². The van der Waals surface area contributed by atoms with E-state index in [1.807, 2.05) is 18.3 Å². The van der Waals surface area contributed by atoms with Gasteiger partial charge in [0.1, 0.15) is 0 Å². The van der Waals surface area contributed by atoms with E-state index in [9.17, 15) is 0 Å². The first-order chi connectivity index (χ1) is 7.83. The maximum Gasteiger partial charge on any atom is 0.152 e. The predicted octanol–water partition coefficient (Wildman–Crippen LogP) is 2.82. The van der Waals surface area contributed by atoms with E-state index in [1.165, 1.54) is 32.1 Å². The van der Waals surface area contributed by atoms with Crippen molar-refractivity contribution in [3.8, 4) is 0 Å². The number of nitrogens with two attached hydrogens (primary N) is 1. The zero-order valence-corrected chi connectivity index (χ0v) is 10.0. The van der Waals surface area contributed by atoms with Crippen molar-refractivity contribution in [1.82, 2.24) is 4.98 Å². The maximum atomic E-state index is 6.01. The summed E-state index contributed by atoms with van der Waals surface area (Å²) < 4.78 is 0. The molecule has 0 aliphatic carbocycles. The molecule has 1 unspecified atom stereocenters. The van der Waals surface area contributed by atoms with Crippen LogP contribution >= 0.6 is 0 Å². The Hall–Kier alpha value is -1.25. The lowest BCUT2D eigenvalue weighted by Gasteiger charge is -2.37. The van der Waals surface area contributed by atoms with Gasteiger partial charge in [0.05, 0.1) is 5.69 Å². The fourth-order valence-electron chi connectivity index (χ4n) is 2.56.